The molecular formula is C20H21ClN2O5S2. The number of nitrogens with two attached hydrogens (primary N) is 2. The van der Waals surface area contributed by atoms with Gasteiger partial charge in [0, 0.05) is 22.4 Å². The molecule has 2 aromatic carbocycles. The molecule has 0 spiro atoms. The third-order valence-corrected chi connectivity index (χ3v) is 7.09. The van der Waals surface area contributed by atoms with E-state index in [-0.39, 0.29) is 16.2 Å². The summed E-state index contributed by atoms with van der Waals surface area (Å²) in [4.78, 5) is -0.190. The first-order valence-electron chi connectivity index (χ1n) is 8.95. The van der Waals surface area contributed by atoms with Crippen molar-refractivity contribution < 1.29 is 21.6 Å². The first-order valence-corrected chi connectivity index (χ1v) is 12.4. The third kappa shape index (κ3) is 4.30. The van der Waals surface area contributed by atoms with Gasteiger partial charge in [0.15, 0.2) is 0 Å². The van der Waals surface area contributed by atoms with Gasteiger partial charge in [0.25, 0.3) is 0 Å². The lowest BCUT2D eigenvalue weighted by molar-refractivity contribution is 0.331. The zero-order valence-corrected chi connectivity index (χ0v) is 18.5. The van der Waals surface area contributed by atoms with E-state index in [1.807, 2.05) is 0 Å². The predicted molar refractivity (Wildman–Crippen MR) is 116 cm³/mol. The molecule has 0 heterocycles. The van der Waals surface area contributed by atoms with E-state index < -0.39 is 25.5 Å². The molecule has 1 aliphatic rings. The van der Waals surface area contributed by atoms with Crippen molar-refractivity contribution in [2.45, 2.75) is 23.7 Å². The Balaban J connectivity index is 2.42. The summed E-state index contributed by atoms with van der Waals surface area (Å²) >= 11 is 6.26. The minimum atomic E-state index is -4.12. The largest absolute Gasteiger partial charge is 0.494 e. The van der Waals surface area contributed by atoms with E-state index in [1.54, 1.807) is 49.4 Å². The predicted octanol–water partition coefficient (Wildman–Crippen LogP) is 2.80. The van der Waals surface area contributed by atoms with Gasteiger partial charge in [-0.15, -0.1) is 0 Å². The highest BCUT2D eigenvalue weighted by Crippen LogP contribution is 2.48. The Morgan fingerprint density at radius 3 is 2.37 bits per heavy atom. The van der Waals surface area contributed by atoms with Gasteiger partial charge in [-0.3, -0.25) is 0 Å². The van der Waals surface area contributed by atoms with Gasteiger partial charge in [-0.2, -0.15) is 0 Å². The van der Waals surface area contributed by atoms with E-state index in [0.29, 0.717) is 28.5 Å². The fourth-order valence-electron chi connectivity index (χ4n) is 3.64. The number of halogens is 1. The molecule has 30 heavy (non-hydrogen) atoms. The number of sulfonamides is 2. The van der Waals surface area contributed by atoms with Gasteiger partial charge in [0.05, 0.1) is 16.4 Å². The molecular weight excluding hydrogens is 448 g/mol. The molecule has 0 bridgehead atoms. The van der Waals surface area contributed by atoms with Crippen molar-refractivity contribution in [3.8, 4) is 5.75 Å². The van der Waals surface area contributed by atoms with Crippen LogP contribution in [-0.2, 0) is 25.5 Å². The Labute approximate surface area is 181 Å². The molecule has 0 fully saturated rings. The summed E-state index contributed by atoms with van der Waals surface area (Å²) in [5.74, 6) is 0.437. The number of rotatable bonds is 6. The molecule has 0 saturated heterocycles. The van der Waals surface area contributed by atoms with Crippen molar-refractivity contribution in [2.75, 3.05) is 6.61 Å². The highest BCUT2D eigenvalue weighted by Gasteiger charge is 2.41. The van der Waals surface area contributed by atoms with Crippen LogP contribution in [0.1, 0.15) is 24.5 Å². The molecule has 160 valence electrons. The second kappa shape index (κ2) is 8.16. The Bertz CT molecular complexity index is 1250. The van der Waals surface area contributed by atoms with Crippen LogP contribution in [-0.4, -0.2) is 23.4 Å². The molecule has 7 nitrogen and oxygen atoms in total. The Kier molecular flexibility index (Phi) is 6.13. The Morgan fingerprint density at radius 1 is 1.03 bits per heavy atom. The van der Waals surface area contributed by atoms with Crippen LogP contribution < -0.4 is 15.0 Å². The summed E-state index contributed by atoms with van der Waals surface area (Å²) in [6.07, 6.45) is 4.49. The van der Waals surface area contributed by atoms with Crippen LogP contribution >= 0.6 is 11.6 Å². The van der Waals surface area contributed by atoms with Crippen LogP contribution in [0.4, 0.5) is 0 Å². The van der Waals surface area contributed by atoms with Gasteiger partial charge < -0.3 is 4.74 Å². The van der Waals surface area contributed by atoms with Gasteiger partial charge in [-0.05, 0) is 42.8 Å². The topological polar surface area (TPSA) is 130 Å². The van der Waals surface area contributed by atoms with Crippen LogP contribution in [0.25, 0.3) is 0 Å². The molecule has 2 aromatic rings. The monoisotopic (exact) mass is 468 g/mol. The molecule has 10 heteroatoms. The zero-order chi connectivity index (χ0) is 22.2. The molecule has 1 unspecified atom stereocenters. The van der Waals surface area contributed by atoms with Crippen LogP contribution in [0.3, 0.4) is 0 Å². The number of allylic oxidation sites excluding steroid dienone is 4. The van der Waals surface area contributed by atoms with Gasteiger partial charge in [-0.25, -0.2) is 27.1 Å². The number of ether oxygens (including phenoxy) is 1. The van der Waals surface area contributed by atoms with E-state index in [2.05, 4.69) is 0 Å². The smallest absolute Gasteiger partial charge is 0.238 e. The summed E-state index contributed by atoms with van der Waals surface area (Å²) in [6, 6.07) is 11.1. The number of benzene rings is 2. The van der Waals surface area contributed by atoms with E-state index in [9.17, 15) is 16.8 Å². The fraction of sp³-hybridized carbons (Fsp3) is 0.200. The van der Waals surface area contributed by atoms with Gasteiger partial charge in [0.1, 0.15) is 5.75 Å². The van der Waals surface area contributed by atoms with Crippen molar-refractivity contribution >= 4 is 31.6 Å². The normalized spacial score (nSPS) is 19.4. The van der Waals surface area contributed by atoms with E-state index in [1.165, 1.54) is 18.2 Å². The van der Waals surface area contributed by atoms with Crippen molar-refractivity contribution in [2.24, 2.45) is 10.3 Å². The van der Waals surface area contributed by atoms with Crippen molar-refractivity contribution in [1.82, 2.24) is 0 Å². The molecule has 3 rings (SSSR count). The minimum absolute atomic E-state index is 0.0587. The summed E-state index contributed by atoms with van der Waals surface area (Å²) in [5.41, 5.74) is -0.464. The van der Waals surface area contributed by atoms with Crippen molar-refractivity contribution in [1.29, 1.82) is 0 Å². The molecule has 4 N–H and O–H groups in total. The molecule has 1 atom stereocenters. The minimum Gasteiger partial charge on any atom is -0.494 e. The van der Waals surface area contributed by atoms with Crippen molar-refractivity contribution in [3.05, 3.63) is 81.7 Å². The molecule has 0 radical (unpaired) electrons. The van der Waals surface area contributed by atoms with Gasteiger partial charge in [-0.1, -0.05) is 42.0 Å². The van der Waals surface area contributed by atoms with Gasteiger partial charge >= 0.3 is 0 Å². The van der Waals surface area contributed by atoms with E-state index >= 15 is 0 Å². The Hall–Kier alpha value is -2.17. The average Bonchev–Trinajstić information content (AvgIpc) is 2.68. The van der Waals surface area contributed by atoms with Crippen LogP contribution in [0.2, 0.25) is 5.02 Å². The third-order valence-electron chi connectivity index (χ3n) is 4.88. The molecule has 0 amide bonds. The maximum atomic E-state index is 12.4. The molecule has 0 saturated carbocycles. The lowest BCUT2D eigenvalue weighted by atomic mass is 9.70. The second-order valence-electron chi connectivity index (χ2n) is 6.80. The summed E-state index contributed by atoms with van der Waals surface area (Å²) in [7, 11) is -8.17. The van der Waals surface area contributed by atoms with Crippen LogP contribution in [0.5, 0.6) is 5.75 Å². The molecule has 0 aliphatic heterocycles. The maximum absolute atomic E-state index is 12.4. The highest BCUT2D eigenvalue weighted by molar-refractivity contribution is 7.93. The zero-order valence-electron chi connectivity index (χ0n) is 16.1. The second-order valence-corrected chi connectivity index (χ2v) is 10.4. The summed E-state index contributed by atoms with van der Waals surface area (Å²) in [6.45, 7) is 2.14. The lowest BCUT2D eigenvalue weighted by Crippen LogP contribution is -2.33. The van der Waals surface area contributed by atoms with E-state index in [4.69, 9.17) is 26.6 Å². The SMILES string of the molecule is CCOc1ccc(Cl)cc1C1(c2ccccc2S(N)(=O)=O)C=CC=C(S(N)(=O)=O)C1. The highest BCUT2D eigenvalue weighted by atomic mass is 35.5. The number of hydrogen-bond acceptors (Lipinski definition) is 5. The summed E-state index contributed by atoms with van der Waals surface area (Å²) in [5, 5.41) is 11.3. The Morgan fingerprint density at radius 2 is 1.73 bits per heavy atom. The average molecular weight is 469 g/mol. The lowest BCUT2D eigenvalue weighted by Gasteiger charge is -2.36. The number of primary sulfonamides is 2. The van der Waals surface area contributed by atoms with E-state index in [0.717, 1.165) is 0 Å². The van der Waals surface area contributed by atoms with Crippen molar-refractivity contribution in [3.63, 3.8) is 0 Å². The van der Waals surface area contributed by atoms with Gasteiger partial charge in [0.2, 0.25) is 20.0 Å². The molecule has 0 aromatic heterocycles. The van der Waals surface area contributed by atoms with Crippen LogP contribution in [0, 0.1) is 0 Å². The quantitative estimate of drug-likeness (QED) is 0.673. The first-order chi connectivity index (χ1) is 14.0. The number of hydrogen-bond donors (Lipinski definition) is 2. The standard InChI is InChI=1S/C20H21ClN2O5S2/c1-2-28-18-10-9-14(21)12-17(18)20(11-5-6-15(13-20)29(22,24)25)16-7-3-4-8-19(16)30(23,26)27/h3-12H,2,13H2,1H3,(H2,22,24,25)(H2,23,26,27). The van der Waals surface area contributed by atoms with Crippen LogP contribution in [0.15, 0.2) is 70.5 Å². The summed E-state index contributed by atoms with van der Waals surface area (Å²) < 4.78 is 54.8. The first kappa shape index (κ1) is 22.5. The fourth-order valence-corrected chi connectivity index (χ4v) is 5.33. The molecule has 1 aliphatic carbocycles. The maximum Gasteiger partial charge on any atom is 0.238 e.